The Bertz CT molecular complexity index is 552. The average Bonchev–Trinajstić information content (AvgIpc) is 2.95. The molecule has 0 bridgehead atoms. The fraction of sp³-hybridized carbons (Fsp3) is 0.400. The largest absolute Gasteiger partial charge is 0.369 e. The third-order valence-corrected chi connectivity index (χ3v) is 3.50. The third kappa shape index (κ3) is 1.80. The van der Waals surface area contributed by atoms with E-state index in [0.717, 1.165) is 31.5 Å². The molecule has 0 radical (unpaired) electrons. The molecule has 3 rings (SSSR count). The maximum atomic E-state index is 4.78. The van der Waals surface area contributed by atoms with E-state index >= 15 is 0 Å². The Labute approximate surface area is 108 Å². The van der Waals surface area contributed by atoms with Crippen LogP contribution in [0.15, 0.2) is 24.3 Å². The van der Waals surface area contributed by atoms with Crippen LogP contribution < -0.4 is 5.32 Å². The van der Waals surface area contributed by atoms with Crippen LogP contribution in [0.3, 0.4) is 0 Å². The van der Waals surface area contributed by atoms with Crippen molar-refractivity contribution in [1.29, 1.82) is 0 Å². The molecule has 0 fully saturated rings. The molecule has 0 saturated heterocycles. The molecule has 0 aliphatic carbocycles. The zero-order valence-corrected chi connectivity index (χ0v) is 11.0. The minimum Gasteiger partial charge on any atom is -0.369 e. The summed E-state index contributed by atoms with van der Waals surface area (Å²) >= 11 is 0. The highest BCUT2D eigenvalue weighted by molar-refractivity contribution is 5.57. The van der Waals surface area contributed by atoms with Gasteiger partial charge in [0.05, 0.1) is 11.4 Å². The highest BCUT2D eigenvalue weighted by Crippen LogP contribution is 2.29. The van der Waals surface area contributed by atoms with E-state index in [1.165, 1.54) is 22.6 Å². The first-order valence-corrected chi connectivity index (χ1v) is 6.71. The smallest absolute Gasteiger partial charge is 0.133 e. The Balaban J connectivity index is 2.07. The molecular weight excluding hydrogens is 222 g/mol. The van der Waals surface area contributed by atoms with Gasteiger partial charge in [-0.05, 0) is 31.9 Å². The molecule has 1 N–H and O–H groups in total. The molecule has 2 aromatic rings. The van der Waals surface area contributed by atoms with Gasteiger partial charge >= 0.3 is 0 Å². The van der Waals surface area contributed by atoms with Crippen molar-refractivity contribution in [3.05, 3.63) is 41.1 Å². The molecule has 0 saturated carbocycles. The van der Waals surface area contributed by atoms with Crippen LogP contribution in [0.4, 0.5) is 5.82 Å². The molecule has 0 spiro atoms. The van der Waals surface area contributed by atoms with Gasteiger partial charge in [-0.1, -0.05) is 31.0 Å². The van der Waals surface area contributed by atoms with Crippen molar-refractivity contribution in [3.8, 4) is 5.69 Å². The van der Waals surface area contributed by atoms with Gasteiger partial charge in [-0.25, -0.2) is 4.68 Å². The Hall–Kier alpha value is -1.77. The van der Waals surface area contributed by atoms with Crippen LogP contribution >= 0.6 is 0 Å². The Morgan fingerprint density at radius 2 is 2.06 bits per heavy atom. The fourth-order valence-electron chi connectivity index (χ4n) is 2.56. The highest BCUT2D eigenvalue weighted by Gasteiger charge is 2.22. The summed E-state index contributed by atoms with van der Waals surface area (Å²) in [5.41, 5.74) is 5.10. The normalized spacial score (nSPS) is 13.4. The number of aromatic nitrogens is 2. The van der Waals surface area contributed by atoms with Crippen molar-refractivity contribution >= 4 is 5.82 Å². The first-order valence-electron chi connectivity index (χ1n) is 6.71. The molecule has 94 valence electrons. The van der Waals surface area contributed by atoms with Gasteiger partial charge in [-0.15, -0.1) is 0 Å². The molecule has 3 heteroatoms. The summed E-state index contributed by atoms with van der Waals surface area (Å²) in [4.78, 5) is 0. The summed E-state index contributed by atoms with van der Waals surface area (Å²) < 4.78 is 2.06. The van der Waals surface area contributed by atoms with Crippen LogP contribution in [0.5, 0.6) is 0 Å². The van der Waals surface area contributed by atoms with E-state index in [4.69, 9.17) is 5.10 Å². The summed E-state index contributed by atoms with van der Waals surface area (Å²) in [6.07, 6.45) is 3.33. The first-order chi connectivity index (χ1) is 8.79. The highest BCUT2D eigenvalue weighted by atomic mass is 15.3. The van der Waals surface area contributed by atoms with Crippen molar-refractivity contribution < 1.29 is 0 Å². The molecule has 3 nitrogen and oxygen atoms in total. The van der Waals surface area contributed by atoms with E-state index in [1.807, 2.05) is 0 Å². The number of hydrogen-bond acceptors (Lipinski definition) is 2. The molecule has 0 unspecified atom stereocenters. The van der Waals surface area contributed by atoms with Crippen molar-refractivity contribution in [2.45, 2.75) is 33.1 Å². The number of nitrogens with one attached hydrogen (secondary N) is 1. The molecule has 2 heterocycles. The predicted molar refractivity (Wildman–Crippen MR) is 74.5 cm³/mol. The SMILES string of the molecule is CCCc1nn(-c2ccc(C)cc2)c2c1CCN2. The monoisotopic (exact) mass is 241 g/mol. The van der Waals surface area contributed by atoms with Crippen LogP contribution in [0.25, 0.3) is 5.69 Å². The number of rotatable bonds is 3. The summed E-state index contributed by atoms with van der Waals surface area (Å²) in [6, 6.07) is 8.55. The standard InChI is InChI=1S/C15H19N3/c1-3-4-14-13-9-10-16-15(13)18(17-14)12-7-5-11(2)6-8-12/h5-8,16H,3-4,9-10H2,1-2H3. The van der Waals surface area contributed by atoms with Crippen LogP contribution in [-0.2, 0) is 12.8 Å². The second kappa shape index (κ2) is 4.48. The summed E-state index contributed by atoms with van der Waals surface area (Å²) in [6.45, 7) is 5.35. The number of aryl methyl sites for hydroxylation is 2. The van der Waals surface area contributed by atoms with E-state index in [1.54, 1.807) is 0 Å². The van der Waals surface area contributed by atoms with Gasteiger partial charge in [0.15, 0.2) is 0 Å². The number of nitrogens with zero attached hydrogens (tertiary/aromatic N) is 2. The van der Waals surface area contributed by atoms with E-state index in [9.17, 15) is 0 Å². The zero-order chi connectivity index (χ0) is 12.5. The van der Waals surface area contributed by atoms with Gasteiger partial charge in [0.1, 0.15) is 5.82 Å². The van der Waals surface area contributed by atoms with Crippen LogP contribution in [-0.4, -0.2) is 16.3 Å². The fourth-order valence-corrected chi connectivity index (χ4v) is 2.56. The second-order valence-corrected chi connectivity index (χ2v) is 4.95. The molecule has 1 aromatic carbocycles. The lowest BCUT2D eigenvalue weighted by atomic mass is 10.1. The number of benzene rings is 1. The first kappa shape index (κ1) is 11.3. The molecule has 18 heavy (non-hydrogen) atoms. The maximum absolute atomic E-state index is 4.78. The average molecular weight is 241 g/mol. The van der Waals surface area contributed by atoms with Gasteiger partial charge < -0.3 is 5.32 Å². The lowest BCUT2D eigenvalue weighted by Crippen LogP contribution is -2.04. The Morgan fingerprint density at radius 3 is 2.78 bits per heavy atom. The molecule has 0 atom stereocenters. The van der Waals surface area contributed by atoms with E-state index < -0.39 is 0 Å². The zero-order valence-electron chi connectivity index (χ0n) is 11.0. The number of hydrogen-bond donors (Lipinski definition) is 1. The second-order valence-electron chi connectivity index (χ2n) is 4.95. The molecule has 0 amide bonds. The van der Waals surface area contributed by atoms with Crippen molar-refractivity contribution in [2.75, 3.05) is 11.9 Å². The Kier molecular flexibility index (Phi) is 2.82. The quantitative estimate of drug-likeness (QED) is 0.895. The van der Waals surface area contributed by atoms with Crippen LogP contribution in [0, 0.1) is 6.92 Å². The molecule has 1 aliphatic heterocycles. The van der Waals surface area contributed by atoms with Crippen molar-refractivity contribution in [3.63, 3.8) is 0 Å². The van der Waals surface area contributed by atoms with Gasteiger partial charge in [-0.3, -0.25) is 0 Å². The third-order valence-electron chi connectivity index (χ3n) is 3.50. The number of fused-ring (bicyclic) bond motifs is 1. The van der Waals surface area contributed by atoms with E-state index in [0.29, 0.717) is 0 Å². The molecular formula is C15H19N3. The van der Waals surface area contributed by atoms with Gasteiger partial charge in [0.2, 0.25) is 0 Å². The van der Waals surface area contributed by atoms with Crippen molar-refractivity contribution in [1.82, 2.24) is 9.78 Å². The molecule has 1 aromatic heterocycles. The lowest BCUT2D eigenvalue weighted by Gasteiger charge is -2.06. The number of anilines is 1. The van der Waals surface area contributed by atoms with Crippen LogP contribution in [0.2, 0.25) is 0 Å². The van der Waals surface area contributed by atoms with E-state index in [2.05, 4.69) is 48.1 Å². The minimum absolute atomic E-state index is 1.04. The van der Waals surface area contributed by atoms with Crippen LogP contribution in [0.1, 0.15) is 30.2 Å². The summed E-state index contributed by atoms with van der Waals surface area (Å²) in [5, 5.41) is 8.24. The van der Waals surface area contributed by atoms with Crippen molar-refractivity contribution in [2.24, 2.45) is 0 Å². The lowest BCUT2D eigenvalue weighted by molar-refractivity contribution is 0.796. The van der Waals surface area contributed by atoms with Gasteiger partial charge in [0, 0.05) is 12.1 Å². The maximum Gasteiger partial charge on any atom is 0.133 e. The predicted octanol–water partition coefficient (Wildman–Crippen LogP) is 3.10. The summed E-state index contributed by atoms with van der Waals surface area (Å²) in [5.74, 6) is 1.20. The topological polar surface area (TPSA) is 29.9 Å². The van der Waals surface area contributed by atoms with Gasteiger partial charge in [-0.2, -0.15) is 5.10 Å². The molecule has 1 aliphatic rings. The summed E-state index contributed by atoms with van der Waals surface area (Å²) in [7, 11) is 0. The Morgan fingerprint density at radius 1 is 1.28 bits per heavy atom. The minimum atomic E-state index is 1.04. The van der Waals surface area contributed by atoms with Gasteiger partial charge in [0.25, 0.3) is 0 Å². The van der Waals surface area contributed by atoms with E-state index in [-0.39, 0.29) is 0 Å².